The van der Waals surface area contributed by atoms with Gasteiger partial charge in [-0.15, -0.1) is 0 Å². The number of para-hydroxylation sites is 3. The van der Waals surface area contributed by atoms with Crippen molar-refractivity contribution >= 4 is 44.5 Å². The van der Waals surface area contributed by atoms with Gasteiger partial charge in [-0.05, 0) is 55.0 Å². The van der Waals surface area contributed by atoms with Gasteiger partial charge in [0.1, 0.15) is 5.82 Å². The van der Waals surface area contributed by atoms with E-state index in [1.807, 2.05) is 78.2 Å². The van der Waals surface area contributed by atoms with Gasteiger partial charge in [0.15, 0.2) is 6.61 Å². The maximum atomic E-state index is 12.3. The number of imidazole rings is 1. The van der Waals surface area contributed by atoms with Gasteiger partial charge >= 0.3 is 5.97 Å². The van der Waals surface area contributed by atoms with E-state index in [0.717, 1.165) is 32.6 Å². The van der Waals surface area contributed by atoms with Gasteiger partial charge in [-0.1, -0.05) is 46.3 Å². The second-order valence-electron chi connectivity index (χ2n) is 7.36. The quantitative estimate of drug-likeness (QED) is 0.360. The molecule has 0 aliphatic carbocycles. The molecule has 3 aromatic carbocycles. The molecule has 0 spiro atoms. The number of nitrogens with zero attached hydrogens (tertiary/aromatic N) is 2. The highest BCUT2D eigenvalue weighted by Crippen LogP contribution is 2.22. The number of anilines is 1. The van der Waals surface area contributed by atoms with Crippen LogP contribution in [-0.2, 0) is 20.7 Å². The first-order valence-corrected chi connectivity index (χ1v) is 11.0. The minimum atomic E-state index is -0.446. The number of aromatic nitrogens is 2. The SMILES string of the molecule is Cc1cc(NC(=O)COC(=O)CCc2nc3ccccc3n2-c2ccccc2)ccc1Br. The lowest BCUT2D eigenvalue weighted by molar-refractivity contribution is -0.147. The fraction of sp³-hybridized carbons (Fsp3) is 0.160. The highest BCUT2D eigenvalue weighted by molar-refractivity contribution is 9.10. The average Bonchev–Trinajstić information content (AvgIpc) is 3.18. The van der Waals surface area contributed by atoms with Crippen LogP contribution in [0.3, 0.4) is 0 Å². The van der Waals surface area contributed by atoms with Crippen molar-refractivity contribution in [3.8, 4) is 5.69 Å². The van der Waals surface area contributed by atoms with Crippen molar-refractivity contribution in [3.63, 3.8) is 0 Å². The number of nitrogens with one attached hydrogen (secondary N) is 1. The molecule has 162 valence electrons. The molecule has 7 heteroatoms. The van der Waals surface area contributed by atoms with Crippen LogP contribution in [0.15, 0.2) is 77.3 Å². The number of aryl methyl sites for hydroxylation is 2. The highest BCUT2D eigenvalue weighted by Gasteiger charge is 2.15. The Morgan fingerprint density at radius 1 is 1.03 bits per heavy atom. The van der Waals surface area contributed by atoms with Crippen LogP contribution in [0.1, 0.15) is 17.8 Å². The summed E-state index contributed by atoms with van der Waals surface area (Å²) >= 11 is 3.42. The van der Waals surface area contributed by atoms with E-state index >= 15 is 0 Å². The Balaban J connectivity index is 1.38. The first-order valence-electron chi connectivity index (χ1n) is 10.2. The van der Waals surface area contributed by atoms with E-state index in [0.29, 0.717) is 12.1 Å². The van der Waals surface area contributed by atoms with Crippen molar-refractivity contribution in [1.29, 1.82) is 0 Å². The lowest BCUT2D eigenvalue weighted by Gasteiger charge is -2.10. The molecule has 0 radical (unpaired) electrons. The molecule has 0 unspecified atom stereocenters. The Kier molecular flexibility index (Phi) is 6.66. The van der Waals surface area contributed by atoms with Crippen LogP contribution < -0.4 is 5.32 Å². The summed E-state index contributed by atoms with van der Waals surface area (Å²) in [6, 6.07) is 23.2. The monoisotopic (exact) mass is 491 g/mol. The molecular formula is C25H22BrN3O3. The zero-order valence-corrected chi connectivity index (χ0v) is 19.1. The third-order valence-electron chi connectivity index (χ3n) is 5.00. The van der Waals surface area contributed by atoms with Crippen molar-refractivity contribution in [2.45, 2.75) is 19.8 Å². The Labute approximate surface area is 194 Å². The predicted molar refractivity (Wildman–Crippen MR) is 128 cm³/mol. The third-order valence-corrected chi connectivity index (χ3v) is 5.89. The molecule has 0 bridgehead atoms. The fourth-order valence-electron chi connectivity index (χ4n) is 3.46. The number of ether oxygens (including phenoxy) is 1. The molecule has 1 heterocycles. The average molecular weight is 492 g/mol. The molecule has 1 amide bonds. The Morgan fingerprint density at radius 3 is 2.56 bits per heavy atom. The second-order valence-corrected chi connectivity index (χ2v) is 8.21. The zero-order chi connectivity index (χ0) is 22.5. The normalized spacial score (nSPS) is 10.8. The number of esters is 1. The molecule has 0 atom stereocenters. The van der Waals surface area contributed by atoms with Crippen molar-refractivity contribution in [1.82, 2.24) is 9.55 Å². The van der Waals surface area contributed by atoms with Crippen molar-refractivity contribution in [2.75, 3.05) is 11.9 Å². The molecule has 4 rings (SSSR count). The van der Waals surface area contributed by atoms with Crippen LogP contribution in [0.2, 0.25) is 0 Å². The fourth-order valence-corrected chi connectivity index (χ4v) is 3.71. The first kappa shape index (κ1) is 21.8. The topological polar surface area (TPSA) is 73.2 Å². The zero-order valence-electron chi connectivity index (χ0n) is 17.5. The van der Waals surface area contributed by atoms with E-state index < -0.39 is 5.97 Å². The van der Waals surface area contributed by atoms with E-state index in [4.69, 9.17) is 9.72 Å². The van der Waals surface area contributed by atoms with Gasteiger partial charge in [-0.2, -0.15) is 0 Å². The van der Waals surface area contributed by atoms with Crippen molar-refractivity contribution in [3.05, 3.63) is 88.7 Å². The van der Waals surface area contributed by atoms with Gasteiger partial charge < -0.3 is 10.1 Å². The molecule has 6 nitrogen and oxygen atoms in total. The molecule has 0 aliphatic rings. The van der Waals surface area contributed by atoms with Crippen LogP contribution in [-0.4, -0.2) is 28.0 Å². The largest absolute Gasteiger partial charge is 0.456 e. The minimum Gasteiger partial charge on any atom is -0.456 e. The van der Waals surface area contributed by atoms with Crippen LogP contribution >= 0.6 is 15.9 Å². The van der Waals surface area contributed by atoms with Crippen LogP contribution in [0.5, 0.6) is 0 Å². The molecule has 0 saturated heterocycles. The number of carbonyl (C=O) groups excluding carboxylic acids is 2. The molecule has 1 aromatic heterocycles. The standard InChI is InChI=1S/C25H22BrN3O3/c1-17-15-18(11-12-20(17)26)27-24(30)16-32-25(31)14-13-23-28-21-9-5-6-10-22(21)29(23)19-7-3-2-4-8-19/h2-12,15H,13-14,16H2,1H3,(H,27,30). The summed E-state index contributed by atoms with van der Waals surface area (Å²) in [6.07, 6.45) is 0.525. The number of fused-ring (bicyclic) bond motifs is 1. The number of halogens is 1. The molecule has 32 heavy (non-hydrogen) atoms. The lowest BCUT2D eigenvalue weighted by atomic mass is 10.2. The summed E-state index contributed by atoms with van der Waals surface area (Å²) in [5, 5.41) is 2.73. The first-order chi connectivity index (χ1) is 15.5. The number of rotatable bonds is 7. The van der Waals surface area contributed by atoms with E-state index in [2.05, 4.69) is 21.2 Å². The lowest BCUT2D eigenvalue weighted by Crippen LogP contribution is -2.21. The van der Waals surface area contributed by atoms with Crippen molar-refractivity contribution < 1.29 is 14.3 Å². The van der Waals surface area contributed by atoms with Crippen molar-refractivity contribution in [2.24, 2.45) is 0 Å². The van der Waals surface area contributed by atoms with Crippen LogP contribution in [0.25, 0.3) is 16.7 Å². The summed E-state index contributed by atoms with van der Waals surface area (Å²) in [7, 11) is 0. The summed E-state index contributed by atoms with van der Waals surface area (Å²) in [5.41, 5.74) is 4.48. The van der Waals surface area contributed by atoms with Gasteiger partial charge in [0.05, 0.1) is 17.5 Å². The maximum absolute atomic E-state index is 12.3. The van der Waals surface area contributed by atoms with Gasteiger partial charge in [-0.25, -0.2) is 4.98 Å². The van der Waals surface area contributed by atoms with E-state index in [-0.39, 0.29) is 18.9 Å². The van der Waals surface area contributed by atoms with E-state index in [9.17, 15) is 9.59 Å². The Bertz CT molecular complexity index is 1270. The summed E-state index contributed by atoms with van der Waals surface area (Å²) in [6.45, 7) is 1.60. The minimum absolute atomic E-state index is 0.126. The molecule has 1 N–H and O–H groups in total. The molecular weight excluding hydrogens is 470 g/mol. The summed E-state index contributed by atoms with van der Waals surface area (Å²) in [5.74, 6) is -0.0560. The maximum Gasteiger partial charge on any atom is 0.306 e. The van der Waals surface area contributed by atoms with Gasteiger partial charge in [-0.3, -0.25) is 14.2 Å². The predicted octanol–water partition coefficient (Wildman–Crippen LogP) is 5.21. The second kappa shape index (κ2) is 9.78. The van der Waals surface area contributed by atoms with E-state index in [1.54, 1.807) is 6.07 Å². The number of carbonyl (C=O) groups is 2. The number of hydrogen-bond donors (Lipinski definition) is 1. The smallest absolute Gasteiger partial charge is 0.306 e. The molecule has 0 aliphatic heterocycles. The highest BCUT2D eigenvalue weighted by atomic mass is 79.9. The Morgan fingerprint density at radius 2 is 1.78 bits per heavy atom. The number of benzene rings is 3. The molecule has 4 aromatic rings. The summed E-state index contributed by atoms with van der Waals surface area (Å²) in [4.78, 5) is 29.1. The van der Waals surface area contributed by atoms with E-state index in [1.165, 1.54) is 0 Å². The molecule has 0 fully saturated rings. The molecule has 0 saturated carbocycles. The van der Waals surface area contributed by atoms with Gasteiger partial charge in [0, 0.05) is 22.3 Å². The van der Waals surface area contributed by atoms with Crippen LogP contribution in [0.4, 0.5) is 5.69 Å². The van der Waals surface area contributed by atoms with Crippen LogP contribution in [0, 0.1) is 6.92 Å². The van der Waals surface area contributed by atoms with Gasteiger partial charge in [0.2, 0.25) is 0 Å². The third kappa shape index (κ3) is 5.06. The Hall–Kier alpha value is -3.45. The number of hydrogen-bond acceptors (Lipinski definition) is 4. The summed E-state index contributed by atoms with van der Waals surface area (Å²) < 4.78 is 8.18. The number of amides is 1. The van der Waals surface area contributed by atoms with Gasteiger partial charge in [0.25, 0.3) is 5.91 Å².